The summed E-state index contributed by atoms with van der Waals surface area (Å²) in [5.41, 5.74) is 7.22. The van der Waals surface area contributed by atoms with Crippen molar-refractivity contribution in [2.75, 3.05) is 38.3 Å². The quantitative estimate of drug-likeness (QED) is 0.0719. The first-order valence-corrected chi connectivity index (χ1v) is 36.4. The van der Waals surface area contributed by atoms with E-state index in [2.05, 4.69) is 45.8 Å². The number of ether oxygens (including phenoxy) is 2. The van der Waals surface area contributed by atoms with Crippen LogP contribution in [-0.2, 0) is 53.9 Å². The molecule has 23 nitrogen and oxygen atoms in total. The predicted octanol–water partition coefficient (Wildman–Crippen LogP) is 10.7. The number of fused-ring (bicyclic) bond motifs is 4. The SMILES string of the molecule is COc1ccc2cc(S(=O)(=O)c3ccc(CNC(=O)c4ccc5nccn5c4)cc3)ccc2c1.O=C(NCc1ccc(S(=O)(=O)c2ccc(N3CCOCC3)cc2)cc1)c1cnc2nccn2c1.O=C(NCc1ccc(S(=O)(=O)c2cccc(-c3ccccc3)c2)cc1)c1cnc2nccn2c1. The molecule has 8 aromatic carbocycles. The van der Waals surface area contributed by atoms with E-state index in [-0.39, 0.29) is 66.7 Å². The monoisotopic (exact) mass is 1420 g/mol. The number of sulfone groups is 3. The standard InChI is InChI=1S/C26H20N4O3S.C26H21N3O4S.C24H23N5O4S/c31-25(22-17-29-26-27-13-14-30(26)18-22)28-16-19-9-11-23(12-10-19)34(32,33)24-8-4-7-21(15-24)20-5-2-1-3-6-20;1-33-22-7-4-20-15-24(10-5-19(20)14-22)34(31,32)23-8-2-18(3-9-23)16-28-26(30)21-6-11-25-27-12-13-29(25)17-21;30-23(19-16-27-24-25-9-10-29(24)17-19)26-15-18-1-5-21(6-2-18)34(31,32)22-7-3-20(4-8-22)28-11-13-33-14-12-28/h1-15,17-18H,16H2,(H,28,31);2-15,17H,16H2,1H3,(H,28,30);1-10,16-17H,11-15H2,(H,26,30). The summed E-state index contributed by atoms with van der Waals surface area (Å²) in [7, 11) is -9.41. The number of benzene rings is 8. The van der Waals surface area contributed by atoms with Gasteiger partial charge in [-0.25, -0.2) is 50.2 Å². The van der Waals surface area contributed by atoms with Gasteiger partial charge in [-0.15, -0.1) is 0 Å². The van der Waals surface area contributed by atoms with Crippen LogP contribution in [0.25, 0.3) is 39.1 Å². The van der Waals surface area contributed by atoms with E-state index < -0.39 is 29.5 Å². The molecule has 1 saturated heterocycles. The fourth-order valence-electron chi connectivity index (χ4n) is 11.2. The molecule has 14 aromatic rings. The Labute approximate surface area is 586 Å². The summed E-state index contributed by atoms with van der Waals surface area (Å²) in [5, 5.41) is 10.2. The molecular weight excluding hydrogens is 1350 g/mol. The van der Waals surface area contributed by atoms with Crippen molar-refractivity contribution in [3.05, 3.63) is 302 Å². The van der Waals surface area contributed by atoms with Crippen LogP contribution in [0.2, 0.25) is 0 Å². The van der Waals surface area contributed by atoms with Gasteiger partial charge < -0.3 is 34.7 Å². The van der Waals surface area contributed by atoms with Gasteiger partial charge in [-0.05, 0) is 148 Å². The van der Waals surface area contributed by atoms with Crippen LogP contribution < -0.4 is 25.6 Å². The third-order valence-electron chi connectivity index (χ3n) is 16.8. The number of methoxy groups -OCH3 is 1. The van der Waals surface area contributed by atoms with Crippen molar-refractivity contribution in [3.63, 3.8) is 0 Å². The zero-order valence-corrected chi connectivity index (χ0v) is 57.0. The maximum Gasteiger partial charge on any atom is 0.254 e. The lowest BCUT2D eigenvalue weighted by atomic mass is 10.1. The van der Waals surface area contributed by atoms with Crippen molar-refractivity contribution in [1.29, 1.82) is 0 Å². The Hall–Kier alpha value is -12.2. The first-order valence-electron chi connectivity index (χ1n) is 32.0. The first-order chi connectivity index (χ1) is 49.4. The van der Waals surface area contributed by atoms with Gasteiger partial charge >= 0.3 is 0 Å². The summed E-state index contributed by atoms with van der Waals surface area (Å²) in [5.74, 6) is 0.970. The molecule has 0 saturated carbocycles. The highest BCUT2D eigenvalue weighted by molar-refractivity contribution is 7.92. The molecule has 26 heteroatoms. The number of anilines is 1. The summed E-state index contributed by atoms with van der Waals surface area (Å²) in [6, 6.07) is 57.1. The van der Waals surface area contributed by atoms with Crippen molar-refractivity contribution in [1.82, 2.24) is 54.1 Å². The maximum absolute atomic E-state index is 13.2. The van der Waals surface area contributed by atoms with Crippen LogP contribution in [-0.4, -0.2) is 115 Å². The Balaban J connectivity index is 0.000000137. The van der Waals surface area contributed by atoms with Gasteiger partial charge in [0.1, 0.15) is 11.4 Å². The van der Waals surface area contributed by atoms with Crippen LogP contribution in [0.5, 0.6) is 5.75 Å². The second-order valence-electron chi connectivity index (χ2n) is 23.4. The van der Waals surface area contributed by atoms with Crippen LogP contribution in [0, 0.1) is 0 Å². The Kier molecular flexibility index (Phi) is 20.1. The number of nitrogens with zero attached hydrogens (tertiary/aromatic N) is 9. The minimum atomic E-state index is -3.68. The van der Waals surface area contributed by atoms with E-state index in [1.165, 1.54) is 12.4 Å². The van der Waals surface area contributed by atoms with Gasteiger partial charge in [-0.3, -0.25) is 23.2 Å². The topological polar surface area (TPSA) is 289 Å². The molecule has 3 amide bonds. The van der Waals surface area contributed by atoms with Crippen molar-refractivity contribution in [2.45, 2.75) is 49.0 Å². The van der Waals surface area contributed by atoms with Crippen LogP contribution >= 0.6 is 0 Å². The van der Waals surface area contributed by atoms with Gasteiger partial charge in [0.05, 0.1) is 66.4 Å². The van der Waals surface area contributed by atoms with Gasteiger partial charge in [0.25, 0.3) is 17.7 Å². The van der Waals surface area contributed by atoms with E-state index in [0.717, 1.165) is 63.0 Å². The Morgan fingerprint density at radius 2 is 0.863 bits per heavy atom. The first kappa shape index (κ1) is 68.3. The fourth-order valence-corrected chi connectivity index (χ4v) is 15.0. The van der Waals surface area contributed by atoms with Crippen molar-refractivity contribution in [3.8, 4) is 16.9 Å². The molecule has 0 atom stereocenters. The molecule has 0 aliphatic carbocycles. The molecule has 1 aliphatic heterocycles. The molecule has 0 bridgehead atoms. The lowest BCUT2D eigenvalue weighted by Gasteiger charge is -2.28. The smallest absolute Gasteiger partial charge is 0.254 e. The highest BCUT2D eigenvalue weighted by Crippen LogP contribution is 2.30. The summed E-state index contributed by atoms with van der Waals surface area (Å²) in [6.07, 6.45) is 18.1. The minimum absolute atomic E-state index is 0.195. The Bertz CT molecular complexity index is 5740. The number of hydrogen-bond acceptors (Lipinski definition) is 17. The second-order valence-corrected chi connectivity index (χ2v) is 29.3. The summed E-state index contributed by atoms with van der Waals surface area (Å²) >= 11 is 0. The van der Waals surface area contributed by atoms with Crippen molar-refractivity contribution >= 4 is 80.9 Å². The van der Waals surface area contributed by atoms with Crippen LogP contribution in [0.3, 0.4) is 0 Å². The third-order valence-corrected chi connectivity index (χ3v) is 22.2. The van der Waals surface area contributed by atoms with Gasteiger partial charge in [0.2, 0.25) is 41.1 Å². The molecular formula is C76H64N12O11S3. The average molecular weight is 1420 g/mol. The number of nitrogens with one attached hydrogen (secondary N) is 3. The summed E-state index contributed by atoms with van der Waals surface area (Å²) in [6.45, 7) is 3.71. The summed E-state index contributed by atoms with van der Waals surface area (Å²) in [4.78, 5) is 61.4. The third kappa shape index (κ3) is 15.6. The molecule has 6 aromatic heterocycles. The highest BCUT2D eigenvalue weighted by Gasteiger charge is 2.23. The number of carbonyl (C=O) groups excluding carboxylic acids is 3. The van der Waals surface area contributed by atoms with Gasteiger partial charge in [-0.2, -0.15) is 0 Å². The molecule has 512 valence electrons. The average Bonchev–Trinajstić information content (AvgIpc) is 1.53. The molecule has 7 heterocycles. The van der Waals surface area contributed by atoms with E-state index in [0.29, 0.717) is 47.2 Å². The van der Waals surface area contributed by atoms with Crippen LogP contribution in [0.4, 0.5) is 5.69 Å². The molecule has 1 aliphatic rings. The maximum atomic E-state index is 13.2. The van der Waals surface area contributed by atoms with E-state index in [4.69, 9.17) is 9.47 Å². The molecule has 0 unspecified atom stereocenters. The molecule has 0 spiro atoms. The highest BCUT2D eigenvalue weighted by atomic mass is 32.2. The van der Waals surface area contributed by atoms with Gasteiger partial charge in [-0.1, -0.05) is 91.0 Å². The fraction of sp³-hybridized carbons (Fsp3) is 0.105. The number of hydrogen-bond donors (Lipinski definition) is 3. The summed E-state index contributed by atoms with van der Waals surface area (Å²) < 4.78 is 94.5. The lowest BCUT2D eigenvalue weighted by molar-refractivity contribution is 0.0942. The minimum Gasteiger partial charge on any atom is -0.497 e. The number of rotatable bonds is 18. The second kappa shape index (κ2) is 30.1. The molecule has 0 radical (unpaired) electrons. The Morgan fingerprint density at radius 1 is 0.422 bits per heavy atom. The van der Waals surface area contributed by atoms with Gasteiger partial charge in [0, 0.05) is 107 Å². The number of carbonyl (C=O) groups is 3. The molecule has 3 N–H and O–H groups in total. The number of pyridine rings is 1. The molecule has 15 rings (SSSR count). The van der Waals surface area contributed by atoms with E-state index >= 15 is 0 Å². The van der Waals surface area contributed by atoms with Crippen LogP contribution in [0.1, 0.15) is 47.8 Å². The van der Waals surface area contributed by atoms with E-state index in [9.17, 15) is 39.6 Å². The molecule has 1 fully saturated rings. The largest absolute Gasteiger partial charge is 0.497 e. The molecule has 102 heavy (non-hydrogen) atoms. The number of aromatic nitrogens is 8. The Morgan fingerprint density at radius 3 is 1.40 bits per heavy atom. The number of imidazole rings is 3. The van der Waals surface area contributed by atoms with E-state index in [1.807, 2.05) is 60.7 Å². The zero-order valence-electron chi connectivity index (χ0n) is 54.6. The number of amides is 3. The lowest BCUT2D eigenvalue weighted by Crippen LogP contribution is -2.36. The predicted molar refractivity (Wildman–Crippen MR) is 382 cm³/mol. The van der Waals surface area contributed by atoms with Crippen molar-refractivity contribution < 1.29 is 49.1 Å². The zero-order chi connectivity index (χ0) is 70.8. The van der Waals surface area contributed by atoms with E-state index in [1.54, 1.807) is 216 Å². The number of morpholine rings is 1. The normalized spacial score (nSPS) is 12.4. The van der Waals surface area contributed by atoms with Gasteiger partial charge in [0.15, 0.2) is 0 Å². The van der Waals surface area contributed by atoms with Crippen LogP contribution in [0.15, 0.2) is 298 Å². The van der Waals surface area contributed by atoms with Crippen molar-refractivity contribution in [2.24, 2.45) is 0 Å².